The summed E-state index contributed by atoms with van der Waals surface area (Å²) >= 11 is 0. The van der Waals surface area contributed by atoms with Gasteiger partial charge in [0.1, 0.15) is 11.6 Å². The van der Waals surface area contributed by atoms with Crippen LogP contribution in [0, 0.1) is 0 Å². The number of aryl methyl sites for hydroxylation is 1. The highest BCUT2D eigenvalue weighted by atomic mass is 16.1. The molecule has 5 nitrogen and oxygen atoms in total. The molecule has 19 heavy (non-hydrogen) atoms. The summed E-state index contributed by atoms with van der Waals surface area (Å²) in [7, 11) is 0. The molecule has 1 aromatic heterocycles. The third-order valence-electron chi connectivity index (χ3n) is 3.96. The molecule has 2 rings (SSSR count). The molecule has 0 amide bonds. The molecule has 1 aliphatic heterocycles. The number of aromatic nitrogens is 2. The Morgan fingerprint density at radius 3 is 2.58 bits per heavy atom. The van der Waals surface area contributed by atoms with Crippen LogP contribution in [0.3, 0.4) is 0 Å². The van der Waals surface area contributed by atoms with Crippen LogP contribution in [-0.4, -0.2) is 47.1 Å². The summed E-state index contributed by atoms with van der Waals surface area (Å²) in [6, 6.07) is 2.25. The number of nitrogens with zero attached hydrogens (tertiary/aromatic N) is 3. The first kappa shape index (κ1) is 14.1. The molecule has 1 fully saturated rings. The molecule has 1 atom stereocenters. The monoisotopic (exact) mass is 264 g/mol. The van der Waals surface area contributed by atoms with Gasteiger partial charge < -0.3 is 9.88 Å². The van der Waals surface area contributed by atoms with Gasteiger partial charge in [-0.1, -0.05) is 13.8 Å². The Morgan fingerprint density at radius 2 is 2.00 bits per heavy atom. The number of anilines is 1. The number of piperazine rings is 1. The maximum atomic E-state index is 11.6. The maximum absolute atomic E-state index is 11.6. The lowest BCUT2D eigenvalue weighted by molar-refractivity contribution is 0.192. The number of aromatic amines is 1. The topological polar surface area (TPSA) is 52.2 Å². The van der Waals surface area contributed by atoms with Crippen molar-refractivity contribution in [3.8, 4) is 0 Å². The lowest BCUT2D eigenvalue weighted by atomic mass is 10.2. The summed E-state index contributed by atoms with van der Waals surface area (Å²) in [5.74, 6) is 1.59. The van der Waals surface area contributed by atoms with Crippen LogP contribution >= 0.6 is 0 Å². The molecule has 106 valence electrons. The van der Waals surface area contributed by atoms with E-state index in [1.165, 1.54) is 6.42 Å². The molecule has 0 bridgehead atoms. The molecule has 1 unspecified atom stereocenters. The van der Waals surface area contributed by atoms with Crippen molar-refractivity contribution in [1.29, 1.82) is 0 Å². The van der Waals surface area contributed by atoms with Crippen molar-refractivity contribution in [2.75, 3.05) is 31.1 Å². The van der Waals surface area contributed by atoms with Crippen molar-refractivity contribution in [2.45, 2.75) is 39.7 Å². The first-order chi connectivity index (χ1) is 9.13. The average Bonchev–Trinajstić information content (AvgIpc) is 2.46. The van der Waals surface area contributed by atoms with Gasteiger partial charge in [0.2, 0.25) is 0 Å². The van der Waals surface area contributed by atoms with Crippen LogP contribution in [0.25, 0.3) is 0 Å². The summed E-state index contributed by atoms with van der Waals surface area (Å²) in [6.07, 6.45) is 1.94. The molecule has 5 heteroatoms. The van der Waals surface area contributed by atoms with E-state index in [0.29, 0.717) is 6.04 Å². The second-order valence-electron chi connectivity index (χ2n) is 5.18. The van der Waals surface area contributed by atoms with Crippen molar-refractivity contribution >= 4 is 5.82 Å². The van der Waals surface area contributed by atoms with Gasteiger partial charge in [-0.05, 0) is 13.3 Å². The molecule has 1 N–H and O–H groups in total. The van der Waals surface area contributed by atoms with E-state index in [9.17, 15) is 4.79 Å². The van der Waals surface area contributed by atoms with E-state index >= 15 is 0 Å². The first-order valence-electron chi connectivity index (χ1n) is 7.23. The van der Waals surface area contributed by atoms with Crippen LogP contribution < -0.4 is 10.5 Å². The van der Waals surface area contributed by atoms with Crippen molar-refractivity contribution in [2.24, 2.45) is 0 Å². The van der Waals surface area contributed by atoms with Crippen LogP contribution in [0.5, 0.6) is 0 Å². The minimum atomic E-state index is -0.0498. The minimum Gasteiger partial charge on any atom is -0.354 e. The summed E-state index contributed by atoms with van der Waals surface area (Å²) < 4.78 is 0. The number of H-pyrrole nitrogens is 1. The Hall–Kier alpha value is -1.36. The second kappa shape index (κ2) is 6.19. The van der Waals surface area contributed by atoms with E-state index < -0.39 is 0 Å². The van der Waals surface area contributed by atoms with Crippen LogP contribution in [0.15, 0.2) is 10.9 Å². The van der Waals surface area contributed by atoms with Gasteiger partial charge in [-0.15, -0.1) is 0 Å². The fraction of sp³-hybridized carbons (Fsp3) is 0.714. The van der Waals surface area contributed by atoms with Gasteiger partial charge in [0.15, 0.2) is 0 Å². The van der Waals surface area contributed by atoms with Crippen LogP contribution in [0.2, 0.25) is 0 Å². The van der Waals surface area contributed by atoms with E-state index in [-0.39, 0.29) is 5.56 Å². The summed E-state index contributed by atoms with van der Waals surface area (Å²) in [5, 5.41) is 0. The maximum Gasteiger partial charge on any atom is 0.252 e. The Labute approximate surface area is 114 Å². The summed E-state index contributed by atoms with van der Waals surface area (Å²) in [6.45, 7) is 10.5. The molecular weight excluding hydrogens is 240 g/mol. The van der Waals surface area contributed by atoms with Gasteiger partial charge >= 0.3 is 0 Å². The van der Waals surface area contributed by atoms with Crippen LogP contribution in [0.1, 0.15) is 33.0 Å². The Bertz CT molecular complexity index is 463. The third-order valence-corrected chi connectivity index (χ3v) is 3.96. The van der Waals surface area contributed by atoms with Crippen molar-refractivity contribution in [1.82, 2.24) is 14.9 Å². The predicted molar refractivity (Wildman–Crippen MR) is 77.8 cm³/mol. The zero-order valence-electron chi connectivity index (χ0n) is 12.1. The van der Waals surface area contributed by atoms with Crippen molar-refractivity contribution in [3.63, 3.8) is 0 Å². The fourth-order valence-corrected chi connectivity index (χ4v) is 2.47. The molecule has 1 aromatic rings. The molecule has 2 heterocycles. The fourth-order valence-electron chi connectivity index (χ4n) is 2.47. The zero-order chi connectivity index (χ0) is 13.8. The predicted octanol–water partition coefficient (Wildman–Crippen LogP) is 1.25. The number of hydrogen-bond acceptors (Lipinski definition) is 4. The van der Waals surface area contributed by atoms with E-state index in [2.05, 4.69) is 33.6 Å². The molecule has 0 aromatic carbocycles. The molecule has 0 aliphatic carbocycles. The third kappa shape index (κ3) is 3.35. The van der Waals surface area contributed by atoms with Crippen LogP contribution in [0.4, 0.5) is 5.82 Å². The molecule has 1 saturated heterocycles. The lowest BCUT2D eigenvalue weighted by Crippen LogP contribution is -2.50. The largest absolute Gasteiger partial charge is 0.354 e. The van der Waals surface area contributed by atoms with Crippen LogP contribution in [-0.2, 0) is 6.42 Å². The molecule has 0 spiro atoms. The highest BCUT2D eigenvalue weighted by molar-refractivity contribution is 5.38. The Balaban J connectivity index is 2.05. The smallest absolute Gasteiger partial charge is 0.252 e. The summed E-state index contributed by atoms with van der Waals surface area (Å²) in [4.78, 5) is 23.6. The second-order valence-corrected chi connectivity index (χ2v) is 5.18. The van der Waals surface area contributed by atoms with E-state index in [1.54, 1.807) is 6.07 Å². The number of hydrogen-bond donors (Lipinski definition) is 1. The molecule has 0 saturated carbocycles. The molecular formula is C14H24N4O. The molecule has 1 aliphatic rings. The lowest BCUT2D eigenvalue weighted by Gasteiger charge is -2.38. The van der Waals surface area contributed by atoms with Gasteiger partial charge in [-0.25, -0.2) is 4.98 Å². The average molecular weight is 264 g/mol. The highest BCUT2D eigenvalue weighted by Gasteiger charge is 2.21. The zero-order valence-corrected chi connectivity index (χ0v) is 12.1. The number of rotatable bonds is 4. The Morgan fingerprint density at radius 1 is 1.32 bits per heavy atom. The van der Waals surface area contributed by atoms with Gasteiger partial charge in [0.25, 0.3) is 5.56 Å². The van der Waals surface area contributed by atoms with Gasteiger partial charge in [0.05, 0.1) is 0 Å². The number of nitrogens with one attached hydrogen (secondary N) is 1. The highest BCUT2D eigenvalue weighted by Crippen LogP contribution is 2.14. The SMILES string of the molecule is CCc1nc(N2CCN(C(C)CC)CC2)cc(=O)[nH]1. The quantitative estimate of drug-likeness (QED) is 0.889. The van der Waals surface area contributed by atoms with Crippen molar-refractivity contribution in [3.05, 3.63) is 22.2 Å². The van der Waals surface area contributed by atoms with E-state index in [0.717, 1.165) is 44.2 Å². The standard InChI is InChI=1S/C14H24N4O/c1-4-11(3)17-6-8-18(9-7-17)13-10-14(19)16-12(5-2)15-13/h10-11H,4-9H2,1-3H3,(H,15,16,19). The first-order valence-corrected chi connectivity index (χ1v) is 7.23. The normalized spacial score (nSPS) is 18.6. The Kier molecular flexibility index (Phi) is 4.58. The van der Waals surface area contributed by atoms with Gasteiger partial charge in [0, 0.05) is 44.7 Å². The minimum absolute atomic E-state index is 0.0498. The van der Waals surface area contributed by atoms with E-state index in [4.69, 9.17) is 0 Å². The van der Waals surface area contributed by atoms with Crippen molar-refractivity contribution < 1.29 is 0 Å². The summed E-state index contributed by atoms with van der Waals surface area (Å²) in [5.41, 5.74) is -0.0498. The van der Waals surface area contributed by atoms with E-state index in [1.807, 2.05) is 6.92 Å². The van der Waals surface area contributed by atoms with Gasteiger partial charge in [-0.2, -0.15) is 0 Å². The van der Waals surface area contributed by atoms with Gasteiger partial charge in [-0.3, -0.25) is 9.69 Å². The molecule has 0 radical (unpaired) electrons.